The molecule has 0 radical (unpaired) electrons. The summed E-state index contributed by atoms with van der Waals surface area (Å²) in [5, 5.41) is 7.77. The van der Waals surface area contributed by atoms with E-state index >= 15 is 0 Å². The van der Waals surface area contributed by atoms with Gasteiger partial charge in [0.2, 0.25) is 5.91 Å². The highest BCUT2D eigenvalue weighted by atomic mass is 16.1. The molecule has 5 nitrogen and oxygen atoms in total. The molecule has 2 aromatic heterocycles. The lowest BCUT2D eigenvalue weighted by atomic mass is 10.1. The van der Waals surface area contributed by atoms with Crippen LogP contribution in [0.4, 0.5) is 0 Å². The van der Waals surface area contributed by atoms with E-state index in [0.29, 0.717) is 6.54 Å². The van der Waals surface area contributed by atoms with Gasteiger partial charge < -0.3 is 5.32 Å². The van der Waals surface area contributed by atoms with Crippen LogP contribution in [-0.2, 0) is 11.3 Å². The molecule has 28 heavy (non-hydrogen) atoms. The van der Waals surface area contributed by atoms with Crippen LogP contribution >= 0.6 is 0 Å². The minimum atomic E-state index is -0.0818. The first-order chi connectivity index (χ1) is 13.7. The van der Waals surface area contributed by atoms with E-state index in [4.69, 9.17) is 5.10 Å². The molecule has 0 atom stereocenters. The maximum absolute atomic E-state index is 12.3. The average Bonchev–Trinajstić information content (AvgIpc) is 3.14. The molecule has 0 fully saturated rings. The Balaban J connectivity index is 1.85. The lowest BCUT2D eigenvalue weighted by Crippen LogP contribution is -2.32. The predicted molar refractivity (Wildman–Crippen MR) is 113 cm³/mol. The van der Waals surface area contributed by atoms with Gasteiger partial charge in [0.1, 0.15) is 5.69 Å². The summed E-state index contributed by atoms with van der Waals surface area (Å²) >= 11 is 0. The van der Waals surface area contributed by atoms with Gasteiger partial charge in [0, 0.05) is 41.8 Å². The molecule has 1 N–H and O–H groups in total. The predicted octanol–water partition coefficient (Wildman–Crippen LogP) is 4.31. The molecule has 0 unspecified atom stereocenters. The number of nitrogens with one attached hydrogen (secondary N) is 1. The first-order valence-corrected chi connectivity index (χ1v) is 9.70. The Morgan fingerprint density at radius 2 is 1.93 bits per heavy atom. The Morgan fingerprint density at radius 3 is 2.61 bits per heavy atom. The van der Waals surface area contributed by atoms with Crippen LogP contribution in [0, 0.1) is 0 Å². The van der Waals surface area contributed by atoms with Crippen molar-refractivity contribution in [3.05, 3.63) is 78.3 Å². The van der Waals surface area contributed by atoms with Crippen LogP contribution in [0.3, 0.4) is 0 Å². The fourth-order valence-electron chi connectivity index (χ4n) is 3.04. The van der Waals surface area contributed by atoms with E-state index in [2.05, 4.69) is 36.3 Å². The smallest absolute Gasteiger partial charge is 0.244 e. The van der Waals surface area contributed by atoms with Crippen LogP contribution in [0.1, 0.15) is 37.8 Å². The molecule has 0 aliphatic heterocycles. The fourth-order valence-corrected chi connectivity index (χ4v) is 3.04. The zero-order valence-electron chi connectivity index (χ0n) is 16.4. The van der Waals surface area contributed by atoms with E-state index in [9.17, 15) is 4.79 Å². The van der Waals surface area contributed by atoms with Gasteiger partial charge in [-0.05, 0) is 36.6 Å². The maximum atomic E-state index is 12.3. The number of carbonyl (C=O) groups excluding carboxylic acids is 1. The van der Waals surface area contributed by atoms with E-state index in [0.717, 1.165) is 29.7 Å². The molecular weight excluding hydrogens is 348 g/mol. The van der Waals surface area contributed by atoms with Crippen molar-refractivity contribution in [1.82, 2.24) is 20.1 Å². The number of nitrogens with zero attached hydrogens (tertiary/aromatic N) is 3. The van der Waals surface area contributed by atoms with Crippen molar-refractivity contribution in [2.45, 2.75) is 39.3 Å². The summed E-state index contributed by atoms with van der Waals surface area (Å²) in [6.45, 7) is 4.82. The van der Waals surface area contributed by atoms with Crippen LogP contribution in [0.15, 0.2) is 67.1 Å². The van der Waals surface area contributed by atoms with E-state index < -0.39 is 0 Å². The Bertz CT molecular complexity index is 912. The van der Waals surface area contributed by atoms with Crippen molar-refractivity contribution in [3.8, 4) is 11.3 Å². The SMILES string of the molecule is CCC(CC)NC(=O)/C=C/c1cn(Cc2ccccc2)nc1-c1cccnc1. The quantitative estimate of drug-likeness (QED) is 0.598. The van der Waals surface area contributed by atoms with Gasteiger partial charge in [-0.25, -0.2) is 0 Å². The Morgan fingerprint density at radius 1 is 1.14 bits per heavy atom. The zero-order valence-corrected chi connectivity index (χ0v) is 16.4. The number of amides is 1. The number of pyridine rings is 1. The number of hydrogen-bond acceptors (Lipinski definition) is 3. The summed E-state index contributed by atoms with van der Waals surface area (Å²) in [6, 6.07) is 14.3. The van der Waals surface area contributed by atoms with E-state index in [1.807, 2.05) is 47.3 Å². The summed E-state index contributed by atoms with van der Waals surface area (Å²) in [5.74, 6) is -0.0818. The normalized spacial score (nSPS) is 11.2. The summed E-state index contributed by atoms with van der Waals surface area (Å²) < 4.78 is 1.90. The molecule has 2 heterocycles. The lowest BCUT2D eigenvalue weighted by Gasteiger charge is -2.12. The van der Waals surface area contributed by atoms with Crippen molar-refractivity contribution in [2.24, 2.45) is 0 Å². The molecule has 5 heteroatoms. The van der Waals surface area contributed by atoms with Gasteiger partial charge in [-0.2, -0.15) is 5.10 Å². The number of benzene rings is 1. The first kappa shape index (κ1) is 19.5. The Kier molecular flexibility index (Phi) is 6.73. The van der Waals surface area contributed by atoms with Crippen LogP contribution in [0.25, 0.3) is 17.3 Å². The number of hydrogen-bond donors (Lipinski definition) is 1. The molecule has 0 aliphatic rings. The molecule has 1 amide bonds. The van der Waals surface area contributed by atoms with E-state index in [1.165, 1.54) is 5.56 Å². The van der Waals surface area contributed by atoms with Crippen LogP contribution < -0.4 is 5.32 Å². The van der Waals surface area contributed by atoms with Crippen molar-refractivity contribution < 1.29 is 4.79 Å². The summed E-state index contributed by atoms with van der Waals surface area (Å²) in [4.78, 5) is 16.5. The minimum Gasteiger partial charge on any atom is -0.350 e. The molecule has 0 saturated carbocycles. The van der Waals surface area contributed by atoms with E-state index in [-0.39, 0.29) is 11.9 Å². The average molecular weight is 374 g/mol. The molecule has 0 saturated heterocycles. The second-order valence-corrected chi connectivity index (χ2v) is 6.71. The van der Waals surface area contributed by atoms with Gasteiger partial charge in [0.15, 0.2) is 0 Å². The number of rotatable bonds is 8. The van der Waals surface area contributed by atoms with Crippen molar-refractivity contribution in [1.29, 1.82) is 0 Å². The first-order valence-electron chi connectivity index (χ1n) is 9.70. The molecule has 0 bridgehead atoms. The minimum absolute atomic E-state index is 0.0818. The van der Waals surface area contributed by atoms with Crippen molar-refractivity contribution >= 4 is 12.0 Å². The summed E-state index contributed by atoms with van der Waals surface area (Å²) in [7, 11) is 0. The van der Waals surface area contributed by atoms with Crippen LogP contribution in [0.2, 0.25) is 0 Å². The Labute approximate surface area is 166 Å². The van der Waals surface area contributed by atoms with Crippen LogP contribution in [0.5, 0.6) is 0 Å². The molecular formula is C23H26N4O. The number of carbonyl (C=O) groups is 1. The van der Waals surface area contributed by atoms with Gasteiger partial charge in [0.05, 0.1) is 6.54 Å². The largest absolute Gasteiger partial charge is 0.350 e. The fraction of sp³-hybridized carbons (Fsp3) is 0.261. The topological polar surface area (TPSA) is 59.8 Å². The summed E-state index contributed by atoms with van der Waals surface area (Å²) in [5.41, 5.74) is 3.80. The van der Waals surface area contributed by atoms with Gasteiger partial charge >= 0.3 is 0 Å². The van der Waals surface area contributed by atoms with Crippen molar-refractivity contribution in [2.75, 3.05) is 0 Å². The highest BCUT2D eigenvalue weighted by Crippen LogP contribution is 2.23. The zero-order chi connectivity index (χ0) is 19.8. The summed E-state index contributed by atoms with van der Waals surface area (Å²) in [6.07, 6.45) is 10.8. The van der Waals surface area contributed by atoms with Crippen molar-refractivity contribution in [3.63, 3.8) is 0 Å². The van der Waals surface area contributed by atoms with Gasteiger partial charge in [-0.3, -0.25) is 14.5 Å². The lowest BCUT2D eigenvalue weighted by molar-refractivity contribution is -0.117. The molecule has 144 valence electrons. The molecule has 1 aromatic carbocycles. The molecule has 0 spiro atoms. The molecule has 3 aromatic rings. The second kappa shape index (κ2) is 9.65. The monoisotopic (exact) mass is 374 g/mol. The molecule has 3 rings (SSSR count). The highest BCUT2D eigenvalue weighted by molar-refractivity contribution is 5.92. The number of aromatic nitrogens is 3. The van der Waals surface area contributed by atoms with Gasteiger partial charge in [-0.1, -0.05) is 44.2 Å². The highest BCUT2D eigenvalue weighted by Gasteiger charge is 2.11. The van der Waals surface area contributed by atoms with Crippen LogP contribution in [-0.4, -0.2) is 26.7 Å². The van der Waals surface area contributed by atoms with Gasteiger partial charge in [-0.15, -0.1) is 0 Å². The third-order valence-corrected chi connectivity index (χ3v) is 4.66. The second-order valence-electron chi connectivity index (χ2n) is 6.71. The van der Waals surface area contributed by atoms with E-state index in [1.54, 1.807) is 18.5 Å². The Hall–Kier alpha value is -3.21. The third-order valence-electron chi connectivity index (χ3n) is 4.66. The third kappa shape index (κ3) is 5.16. The molecule has 0 aliphatic carbocycles. The van der Waals surface area contributed by atoms with Gasteiger partial charge in [0.25, 0.3) is 0 Å². The maximum Gasteiger partial charge on any atom is 0.244 e. The standard InChI is InChI=1S/C23H26N4O/c1-3-21(4-2)25-22(28)13-12-20-17-27(16-18-9-6-5-7-10-18)26-23(20)19-11-8-14-24-15-19/h5-15,17,21H,3-4,16H2,1-2H3,(H,25,28)/b13-12+.